The van der Waals surface area contributed by atoms with Crippen LogP contribution in [-0.2, 0) is 9.47 Å². The summed E-state index contributed by atoms with van der Waals surface area (Å²) in [5, 5.41) is 3.21. The van der Waals surface area contributed by atoms with E-state index in [-0.39, 0.29) is 6.10 Å². The summed E-state index contributed by atoms with van der Waals surface area (Å²) in [6.07, 6.45) is 1.84. The van der Waals surface area contributed by atoms with Crippen LogP contribution in [0.2, 0.25) is 0 Å². The normalized spacial score (nSPS) is 12.5. The number of hydrogen-bond acceptors (Lipinski definition) is 4. The van der Waals surface area contributed by atoms with E-state index >= 15 is 0 Å². The molecular weight excluding hydrogens is 192 g/mol. The Kier molecular flexibility index (Phi) is 5.07. The number of aromatic nitrogens is 1. The van der Waals surface area contributed by atoms with E-state index in [1.165, 1.54) is 5.56 Å². The van der Waals surface area contributed by atoms with E-state index < -0.39 is 0 Å². The molecule has 1 N–H and O–H groups in total. The second-order valence-corrected chi connectivity index (χ2v) is 3.41. The van der Waals surface area contributed by atoms with Gasteiger partial charge in [0.1, 0.15) is 5.82 Å². The quantitative estimate of drug-likeness (QED) is 0.772. The van der Waals surface area contributed by atoms with Gasteiger partial charge in [-0.05, 0) is 24.6 Å². The summed E-state index contributed by atoms with van der Waals surface area (Å²) < 4.78 is 10.2. The Morgan fingerprint density at radius 1 is 1.47 bits per heavy atom. The Morgan fingerprint density at radius 2 is 2.27 bits per heavy atom. The molecule has 0 radical (unpaired) electrons. The van der Waals surface area contributed by atoms with Gasteiger partial charge in [0.25, 0.3) is 0 Å². The monoisotopic (exact) mass is 210 g/mol. The van der Waals surface area contributed by atoms with Gasteiger partial charge in [-0.1, -0.05) is 0 Å². The number of pyridine rings is 1. The number of nitrogens with one attached hydrogen (secondary N) is 1. The van der Waals surface area contributed by atoms with Crippen LogP contribution in [-0.4, -0.2) is 38.5 Å². The molecule has 1 rings (SSSR count). The summed E-state index contributed by atoms with van der Waals surface area (Å²) in [6, 6.07) is 3.97. The van der Waals surface area contributed by atoms with Crippen LogP contribution in [0.5, 0.6) is 0 Å². The van der Waals surface area contributed by atoms with Crippen molar-refractivity contribution in [2.45, 2.75) is 13.0 Å². The van der Waals surface area contributed by atoms with E-state index in [1.807, 2.05) is 19.1 Å². The molecule has 0 aliphatic rings. The van der Waals surface area contributed by atoms with Gasteiger partial charge in [0.2, 0.25) is 0 Å². The second kappa shape index (κ2) is 6.37. The topological polar surface area (TPSA) is 43.4 Å². The first kappa shape index (κ1) is 11.9. The summed E-state index contributed by atoms with van der Waals surface area (Å²) in [5.41, 5.74) is 1.19. The van der Waals surface area contributed by atoms with Crippen molar-refractivity contribution >= 4 is 5.82 Å². The van der Waals surface area contributed by atoms with Crippen molar-refractivity contribution in [2.75, 3.05) is 32.7 Å². The van der Waals surface area contributed by atoms with Crippen molar-refractivity contribution < 1.29 is 9.47 Å². The number of methoxy groups -OCH3 is 2. The summed E-state index contributed by atoms with van der Waals surface area (Å²) in [4.78, 5) is 4.20. The van der Waals surface area contributed by atoms with Crippen LogP contribution in [0, 0.1) is 6.92 Å². The molecule has 0 aliphatic carbocycles. The van der Waals surface area contributed by atoms with Crippen molar-refractivity contribution in [2.24, 2.45) is 0 Å². The Bertz CT molecular complexity index is 292. The maximum Gasteiger partial charge on any atom is 0.126 e. The molecule has 1 unspecified atom stereocenters. The van der Waals surface area contributed by atoms with Crippen molar-refractivity contribution in [3.63, 3.8) is 0 Å². The number of hydrogen-bond donors (Lipinski definition) is 1. The lowest BCUT2D eigenvalue weighted by molar-refractivity contribution is 0.0365. The van der Waals surface area contributed by atoms with Gasteiger partial charge in [0.05, 0.1) is 12.7 Å². The first-order chi connectivity index (χ1) is 7.26. The second-order valence-electron chi connectivity index (χ2n) is 3.41. The van der Waals surface area contributed by atoms with E-state index in [4.69, 9.17) is 9.47 Å². The molecule has 0 aromatic carbocycles. The molecule has 15 heavy (non-hydrogen) atoms. The van der Waals surface area contributed by atoms with Crippen LogP contribution in [0.1, 0.15) is 5.56 Å². The van der Waals surface area contributed by atoms with E-state index in [0.717, 1.165) is 5.82 Å². The number of aryl methyl sites for hydroxylation is 1. The van der Waals surface area contributed by atoms with Gasteiger partial charge in [0.15, 0.2) is 0 Å². The molecule has 1 aromatic heterocycles. The molecule has 0 bridgehead atoms. The minimum Gasteiger partial charge on any atom is -0.382 e. The smallest absolute Gasteiger partial charge is 0.126 e. The molecule has 4 nitrogen and oxygen atoms in total. The SMILES string of the molecule is COCC(CNc1cc(C)ccn1)OC. The summed E-state index contributed by atoms with van der Waals surface area (Å²) in [7, 11) is 3.34. The molecule has 1 aromatic rings. The summed E-state index contributed by atoms with van der Waals surface area (Å²) in [6.45, 7) is 3.31. The fourth-order valence-corrected chi connectivity index (χ4v) is 1.25. The van der Waals surface area contributed by atoms with Gasteiger partial charge in [0, 0.05) is 27.0 Å². The van der Waals surface area contributed by atoms with E-state index in [0.29, 0.717) is 13.2 Å². The zero-order valence-corrected chi connectivity index (χ0v) is 9.49. The number of ether oxygens (including phenoxy) is 2. The Morgan fingerprint density at radius 3 is 2.87 bits per heavy atom. The zero-order valence-electron chi connectivity index (χ0n) is 9.49. The predicted molar refractivity (Wildman–Crippen MR) is 60.1 cm³/mol. The minimum absolute atomic E-state index is 0.0531. The Hall–Kier alpha value is -1.13. The maximum atomic E-state index is 5.23. The van der Waals surface area contributed by atoms with E-state index in [2.05, 4.69) is 10.3 Å². The molecule has 1 heterocycles. The molecule has 0 saturated carbocycles. The van der Waals surface area contributed by atoms with Gasteiger partial charge in [-0.3, -0.25) is 0 Å². The highest BCUT2D eigenvalue weighted by atomic mass is 16.5. The Balaban J connectivity index is 2.41. The standard InChI is InChI=1S/C11H18N2O2/c1-9-4-5-12-11(6-9)13-7-10(15-3)8-14-2/h4-6,10H,7-8H2,1-3H3,(H,12,13). The van der Waals surface area contributed by atoms with Gasteiger partial charge >= 0.3 is 0 Å². The maximum absolute atomic E-state index is 5.23. The fraction of sp³-hybridized carbons (Fsp3) is 0.545. The highest BCUT2D eigenvalue weighted by Crippen LogP contribution is 2.05. The zero-order chi connectivity index (χ0) is 11.1. The van der Waals surface area contributed by atoms with Gasteiger partial charge in [-0.25, -0.2) is 4.98 Å². The highest BCUT2D eigenvalue weighted by molar-refractivity contribution is 5.36. The molecule has 0 aliphatic heterocycles. The average molecular weight is 210 g/mol. The van der Waals surface area contributed by atoms with Gasteiger partial charge in [-0.15, -0.1) is 0 Å². The molecular formula is C11H18N2O2. The molecule has 0 amide bonds. The van der Waals surface area contributed by atoms with Crippen LogP contribution >= 0.6 is 0 Å². The lowest BCUT2D eigenvalue weighted by atomic mass is 10.3. The molecule has 0 fully saturated rings. The van der Waals surface area contributed by atoms with Gasteiger partial charge < -0.3 is 14.8 Å². The lowest BCUT2D eigenvalue weighted by Crippen LogP contribution is -2.26. The van der Waals surface area contributed by atoms with Gasteiger partial charge in [-0.2, -0.15) is 0 Å². The van der Waals surface area contributed by atoms with E-state index in [9.17, 15) is 0 Å². The molecule has 84 valence electrons. The first-order valence-electron chi connectivity index (χ1n) is 4.94. The van der Waals surface area contributed by atoms with Crippen LogP contribution < -0.4 is 5.32 Å². The van der Waals surface area contributed by atoms with Crippen molar-refractivity contribution in [3.8, 4) is 0 Å². The number of anilines is 1. The van der Waals surface area contributed by atoms with Crippen LogP contribution in [0.15, 0.2) is 18.3 Å². The lowest BCUT2D eigenvalue weighted by Gasteiger charge is -2.15. The number of nitrogens with zero attached hydrogens (tertiary/aromatic N) is 1. The van der Waals surface area contributed by atoms with Crippen molar-refractivity contribution in [1.29, 1.82) is 0 Å². The average Bonchev–Trinajstić information content (AvgIpc) is 2.24. The molecule has 1 atom stereocenters. The third-order valence-corrected chi connectivity index (χ3v) is 2.11. The van der Waals surface area contributed by atoms with Crippen LogP contribution in [0.25, 0.3) is 0 Å². The summed E-state index contributed by atoms with van der Waals surface area (Å²) >= 11 is 0. The molecule has 0 spiro atoms. The Labute approximate surface area is 90.6 Å². The van der Waals surface area contributed by atoms with Crippen LogP contribution in [0.3, 0.4) is 0 Å². The van der Waals surface area contributed by atoms with Crippen molar-refractivity contribution in [1.82, 2.24) is 4.98 Å². The van der Waals surface area contributed by atoms with Crippen LogP contribution in [0.4, 0.5) is 5.82 Å². The predicted octanol–water partition coefficient (Wildman–Crippen LogP) is 1.46. The minimum atomic E-state index is 0.0531. The van der Waals surface area contributed by atoms with E-state index in [1.54, 1.807) is 20.4 Å². The molecule has 4 heteroatoms. The molecule has 0 saturated heterocycles. The van der Waals surface area contributed by atoms with Crippen molar-refractivity contribution in [3.05, 3.63) is 23.9 Å². The fourth-order valence-electron chi connectivity index (χ4n) is 1.25. The number of rotatable bonds is 6. The third-order valence-electron chi connectivity index (χ3n) is 2.11. The largest absolute Gasteiger partial charge is 0.382 e. The highest BCUT2D eigenvalue weighted by Gasteiger charge is 2.06. The summed E-state index contributed by atoms with van der Waals surface area (Å²) in [5.74, 6) is 0.869. The first-order valence-corrected chi connectivity index (χ1v) is 4.94. The third kappa shape index (κ3) is 4.27.